The van der Waals surface area contributed by atoms with Crippen molar-refractivity contribution in [1.82, 2.24) is 10.2 Å². The quantitative estimate of drug-likeness (QED) is 0.819. The largest absolute Gasteiger partial charge is 0.307 e. The SMILES string of the molecule is CN(C)CC1(c2cccs2)CCCN1. The fourth-order valence-electron chi connectivity index (χ4n) is 2.32. The molecule has 0 radical (unpaired) electrons. The van der Waals surface area contributed by atoms with Gasteiger partial charge in [-0.25, -0.2) is 0 Å². The zero-order chi connectivity index (χ0) is 10.0. The highest BCUT2D eigenvalue weighted by atomic mass is 32.1. The van der Waals surface area contributed by atoms with Gasteiger partial charge >= 0.3 is 0 Å². The molecule has 0 saturated carbocycles. The van der Waals surface area contributed by atoms with Gasteiger partial charge in [-0.15, -0.1) is 11.3 Å². The molecule has 2 nitrogen and oxygen atoms in total. The Balaban J connectivity index is 2.22. The summed E-state index contributed by atoms with van der Waals surface area (Å²) in [7, 11) is 4.30. The van der Waals surface area contributed by atoms with Crippen molar-refractivity contribution >= 4 is 11.3 Å². The van der Waals surface area contributed by atoms with Crippen molar-refractivity contribution in [2.75, 3.05) is 27.2 Å². The van der Waals surface area contributed by atoms with E-state index in [0.717, 1.165) is 13.1 Å². The van der Waals surface area contributed by atoms with Crippen molar-refractivity contribution in [3.63, 3.8) is 0 Å². The second kappa shape index (κ2) is 4.01. The summed E-state index contributed by atoms with van der Waals surface area (Å²) in [6.45, 7) is 2.26. The first-order valence-electron chi connectivity index (χ1n) is 5.17. The minimum Gasteiger partial charge on any atom is -0.307 e. The lowest BCUT2D eigenvalue weighted by Crippen LogP contribution is -2.44. The fourth-order valence-corrected chi connectivity index (χ4v) is 3.25. The molecular formula is C11H18N2S. The van der Waals surface area contributed by atoms with Gasteiger partial charge in [0.25, 0.3) is 0 Å². The minimum atomic E-state index is 0.234. The minimum absolute atomic E-state index is 0.234. The maximum absolute atomic E-state index is 3.67. The summed E-state index contributed by atoms with van der Waals surface area (Å²) in [5.41, 5.74) is 0.234. The number of hydrogen-bond donors (Lipinski definition) is 1. The Morgan fingerprint density at radius 3 is 2.93 bits per heavy atom. The Bertz CT molecular complexity index is 273. The van der Waals surface area contributed by atoms with Gasteiger partial charge < -0.3 is 10.2 Å². The predicted molar refractivity (Wildman–Crippen MR) is 61.8 cm³/mol. The molecule has 0 bridgehead atoms. The summed E-state index contributed by atoms with van der Waals surface area (Å²) in [5.74, 6) is 0. The topological polar surface area (TPSA) is 15.3 Å². The van der Waals surface area contributed by atoms with Crippen LogP contribution < -0.4 is 5.32 Å². The summed E-state index contributed by atoms with van der Waals surface area (Å²) in [6.07, 6.45) is 2.57. The van der Waals surface area contributed by atoms with E-state index in [1.54, 1.807) is 0 Å². The maximum Gasteiger partial charge on any atom is 0.0657 e. The number of hydrogen-bond acceptors (Lipinski definition) is 3. The van der Waals surface area contributed by atoms with E-state index in [4.69, 9.17) is 0 Å². The molecule has 1 N–H and O–H groups in total. The standard InChI is InChI=1S/C11H18N2S/c1-13(2)9-11(6-4-7-12-11)10-5-3-8-14-10/h3,5,8,12H,4,6-7,9H2,1-2H3. The molecule has 14 heavy (non-hydrogen) atoms. The second-order valence-corrected chi connectivity index (χ2v) is 5.28. The van der Waals surface area contributed by atoms with Crippen LogP contribution >= 0.6 is 11.3 Å². The molecule has 1 unspecified atom stereocenters. The first-order valence-corrected chi connectivity index (χ1v) is 6.05. The van der Waals surface area contributed by atoms with Crippen molar-refractivity contribution < 1.29 is 0 Å². The highest BCUT2D eigenvalue weighted by Gasteiger charge is 2.36. The average Bonchev–Trinajstić information content (AvgIpc) is 2.69. The molecule has 1 saturated heterocycles. The smallest absolute Gasteiger partial charge is 0.0657 e. The van der Waals surface area contributed by atoms with E-state index in [0.29, 0.717) is 0 Å². The molecule has 3 heteroatoms. The lowest BCUT2D eigenvalue weighted by Gasteiger charge is -2.31. The van der Waals surface area contributed by atoms with Crippen molar-refractivity contribution in [3.05, 3.63) is 22.4 Å². The summed E-state index contributed by atoms with van der Waals surface area (Å²) in [5, 5.41) is 5.85. The molecule has 0 aromatic carbocycles. The Morgan fingerprint density at radius 1 is 1.57 bits per heavy atom. The maximum atomic E-state index is 3.67. The second-order valence-electron chi connectivity index (χ2n) is 4.33. The molecular weight excluding hydrogens is 192 g/mol. The highest BCUT2D eigenvalue weighted by Crippen LogP contribution is 2.34. The summed E-state index contributed by atoms with van der Waals surface area (Å²) >= 11 is 1.87. The number of nitrogens with zero attached hydrogens (tertiary/aromatic N) is 1. The van der Waals surface area contributed by atoms with Crippen LogP contribution in [-0.2, 0) is 5.54 Å². The molecule has 0 amide bonds. The number of rotatable bonds is 3. The summed E-state index contributed by atoms with van der Waals surface area (Å²) in [4.78, 5) is 3.77. The Morgan fingerprint density at radius 2 is 2.43 bits per heavy atom. The van der Waals surface area contributed by atoms with E-state index in [-0.39, 0.29) is 5.54 Å². The van der Waals surface area contributed by atoms with Crippen LogP contribution in [0.15, 0.2) is 17.5 Å². The molecule has 0 spiro atoms. The number of likely N-dealkylation sites (N-methyl/N-ethyl adjacent to an activating group) is 1. The monoisotopic (exact) mass is 210 g/mol. The molecule has 1 aromatic heterocycles. The summed E-state index contributed by atoms with van der Waals surface area (Å²) < 4.78 is 0. The average molecular weight is 210 g/mol. The van der Waals surface area contributed by atoms with Gasteiger partial charge in [-0.1, -0.05) is 6.07 Å². The Labute approximate surface area is 89.9 Å². The Kier molecular flexibility index (Phi) is 2.91. The molecule has 1 fully saturated rings. The van der Waals surface area contributed by atoms with E-state index in [1.807, 2.05) is 11.3 Å². The van der Waals surface area contributed by atoms with Crippen LogP contribution in [0, 0.1) is 0 Å². The molecule has 0 aliphatic carbocycles. The fraction of sp³-hybridized carbons (Fsp3) is 0.636. The van der Waals surface area contributed by atoms with Gasteiger partial charge in [0.05, 0.1) is 5.54 Å². The van der Waals surface area contributed by atoms with Crippen molar-refractivity contribution in [3.8, 4) is 0 Å². The number of thiophene rings is 1. The number of nitrogens with one attached hydrogen (secondary N) is 1. The van der Waals surface area contributed by atoms with Gasteiger partial charge in [0, 0.05) is 11.4 Å². The third-order valence-corrected chi connectivity index (χ3v) is 3.90. The first kappa shape index (κ1) is 10.1. The normalized spacial score (nSPS) is 27.4. The van der Waals surface area contributed by atoms with Gasteiger partial charge in [-0.3, -0.25) is 0 Å². The van der Waals surface area contributed by atoms with E-state index in [1.165, 1.54) is 17.7 Å². The van der Waals surface area contributed by atoms with E-state index < -0.39 is 0 Å². The first-order chi connectivity index (χ1) is 6.73. The van der Waals surface area contributed by atoms with Crippen LogP contribution in [0.1, 0.15) is 17.7 Å². The molecule has 1 atom stereocenters. The van der Waals surface area contributed by atoms with Crippen molar-refractivity contribution in [2.24, 2.45) is 0 Å². The van der Waals surface area contributed by atoms with Crippen molar-refractivity contribution in [2.45, 2.75) is 18.4 Å². The van der Waals surface area contributed by atoms with Gasteiger partial charge in [-0.2, -0.15) is 0 Å². The van der Waals surface area contributed by atoms with E-state index in [9.17, 15) is 0 Å². The molecule has 1 aromatic rings. The van der Waals surface area contributed by atoms with Gasteiger partial charge in [0.2, 0.25) is 0 Å². The molecule has 1 aliphatic rings. The zero-order valence-corrected chi connectivity index (χ0v) is 9.73. The molecule has 78 valence electrons. The van der Waals surface area contributed by atoms with Crippen LogP contribution in [0.4, 0.5) is 0 Å². The van der Waals surface area contributed by atoms with Gasteiger partial charge in [0.15, 0.2) is 0 Å². The van der Waals surface area contributed by atoms with Gasteiger partial charge in [-0.05, 0) is 44.9 Å². The van der Waals surface area contributed by atoms with Crippen LogP contribution in [0.3, 0.4) is 0 Å². The third kappa shape index (κ3) is 1.85. The van der Waals surface area contributed by atoms with Crippen LogP contribution in [0.5, 0.6) is 0 Å². The van der Waals surface area contributed by atoms with Crippen LogP contribution in [0.25, 0.3) is 0 Å². The molecule has 2 rings (SSSR count). The molecule has 1 aliphatic heterocycles. The van der Waals surface area contributed by atoms with E-state index >= 15 is 0 Å². The lowest BCUT2D eigenvalue weighted by molar-refractivity contribution is 0.264. The van der Waals surface area contributed by atoms with Crippen molar-refractivity contribution in [1.29, 1.82) is 0 Å². The van der Waals surface area contributed by atoms with E-state index in [2.05, 4.69) is 41.8 Å². The third-order valence-electron chi connectivity index (χ3n) is 2.82. The van der Waals surface area contributed by atoms with Crippen LogP contribution in [-0.4, -0.2) is 32.1 Å². The molecule has 2 heterocycles. The Hall–Kier alpha value is -0.380. The van der Waals surface area contributed by atoms with Crippen LogP contribution in [0.2, 0.25) is 0 Å². The van der Waals surface area contributed by atoms with Gasteiger partial charge in [0.1, 0.15) is 0 Å². The highest BCUT2D eigenvalue weighted by molar-refractivity contribution is 7.10. The predicted octanol–water partition coefficient (Wildman–Crippen LogP) is 1.89. The summed E-state index contributed by atoms with van der Waals surface area (Å²) in [6, 6.07) is 4.41. The lowest BCUT2D eigenvalue weighted by atomic mass is 9.95. The zero-order valence-electron chi connectivity index (χ0n) is 8.92.